The van der Waals surface area contributed by atoms with Gasteiger partial charge in [0.05, 0.1) is 11.9 Å². The van der Waals surface area contributed by atoms with Crippen LogP contribution < -0.4 is 11.1 Å². The summed E-state index contributed by atoms with van der Waals surface area (Å²) in [4.78, 5) is 11.7. The van der Waals surface area contributed by atoms with E-state index in [0.29, 0.717) is 5.69 Å². The van der Waals surface area contributed by atoms with Crippen LogP contribution in [-0.2, 0) is 4.79 Å². The Balaban J connectivity index is 2.72. The van der Waals surface area contributed by atoms with Crippen LogP contribution in [0.1, 0.15) is 45.5 Å². The van der Waals surface area contributed by atoms with E-state index in [0.717, 1.165) is 0 Å². The van der Waals surface area contributed by atoms with Gasteiger partial charge in [-0.25, -0.2) is 4.68 Å². The largest absolute Gasteiger partial charge is 0.352 e. The molecule has 1 rings (SSSR count). The molecule has 90 valence electrons. The minimum atomic E-state index is -0.373. The highest BCUT2D eigenvalue weighted by atomic mass is 16.2. The molecule has 0 aromatic carbocycles. The molecule has 0 saturated heterocycles. The SMILES string of the molecule is CC(C)NC(=O)C(C)n1cc(C(C)N)nn1. The first-order chi connectivity index (χ1) is 7.41. The molecule has 0 aliphatic heterocycles. The number of hydrogen-bond acceptors (Lipinski definition) is 4. The van der Waals surface area contributed by atoms with Gasteiger partial charge < -0.3 is 11.1 Å². The number of nitrogens with two attached hydrogens (primary N) is 1. The van der Waals surface area contributed by atoms with E-state index in [1.54, 1.807) is 13.1 Å². The molecule has 6 nitrogen and oxygen atoms in total. The van der Waals surface area contributed by atoms with Crippen molar-refractivity contribution >= 4 is 5.91 Å². The Bertz CT molecular complexity index is 358. The zero-order valence-corrected chi connectivity index (χ0v) is 10.1. The molecule has 2 unspecified atom stereocenters. The number of nitrogens with one attached hydrogen (secondary N) is 1. The molecule has 0 bridgehead atoms. The molecule has 1 heterocycles. The summed E-state index contributed by atoms with van der Waals surface area (Å²) in [6, 6.07) is -0.428. The molecule has 0 saturated carbocycles. The van der Waals surface area contributed by atoms with Crippen LogP contribution >= 0.6 is 0 Å². The average molecular weight is 225 g/mol. The number of amides is 1. The van der Waals surface area contributed by atoms with Crippen molar-refractivity contribution in [3.8, 4) is 0 Å². The summed E-state index contributed by atoms with van der Waals surface area (Å²) in [7, 11) is 0. The van der Waals surface area contributed by atoms with E-state index in [2.05, 4.69) is 15.6 Å². The fraction of sp³-hybridized carbons (Fsp3) is 0.700. The fourth-order valence-electron chi connectivity index (χ4n) is 1.21. The van der Waals surface area contributed by atoms with Crippen LogP contribution in [0.15, 0.2) is 6.20 Å². The predicted octanol–water partition coefficient (Wildman–Crippen LogP) is 0.383. The van der Waals surface area contributed by atoms with Gasteiger partial charge in [-0.3, -0.25) is 4.79 Å². The molecule has 2 atom stereocenters. The monoisotopic (exact) mass is 225 g/mol. The number of aromatic nitrogens is 3. The van der Waals surface area contributed by atoms with Crippen molar-refractivity contribution in [1.29, 1.82) is 0 Å². The summed E-state index contributed by atoms with van der Waals surface area (Å²) in [5, 5.41) is 10.6. The highest BCUT2D eigenvalue weighted by Gasteiger charge is 2.17. The second-order valence-corrected chi connectivity index (χ2v) is 4.25. The van der Waals surface area contributed by atoms with E-state index in [1.165, 1.54) is 4.68 Å². The summed E-state index contributed by atoms with van der Waals surface area (Å²) in [6.45, 7) is 7.43. The van der Waals surface area contributed by atoms with E-state index >= 15 is 0 Å². The van der Waals surface area contributed by atoms with Gasteiger partial charge in [-0.1, -0.05) is 5.21 Å². The summed E-state index contributed by atoms with van der Waals surface area (Å²) in [6.07, 6.45) is 1.70. The molecule has 1 aromatic heterocycles. The Morgan fingerprint density at radius 2 is 2.06 bits per heavy atom. The van der Waals surface area contributed by atoms with Crippen molar-refractivity contribution < 1.29 is 4.79 Å². The van der Waals surface area contributed by atoms with Gasteiger partial charge in [0.2, 0.25) is 5.91 Å². The fourth-order valence-corrected chi connectivity index (χ4v) is 1.21. The highest BCUT2D eigenvalue weighted by Crippen LogP contribution is 2.09. The van der Waals surface area contributed by atoms with Gasteiger partial charge in [-0.15, -0.1) is 5.10 Å². The van der Waals surface area contributed by atoms with Crippen LogP contribution in [-0.4, -0.2) is 26.9 Å². The minimum Gasteiger partial charge on any atom is -0.352 e. The van der Waals surface area contributed by atoms with Gasteiger partial charge in [0.15, 0.2) is 0 Å². The summed E-state index contributed by atoms with van der Waals surface area (Å²) in [5.41, 5.74) is 6.35. The Kier molecular flexibility index (Phi) is 4.00. The van der Waals surface area contributed by atoms with Crippen molar-refractivity contribution in [2.75, 3.05) is 0 Å². The molecule has 6 heteroatoms. The van der Waals surface area contributed by atoms with Crippen LogP contribution in [0, 0.1) is 0 Å². The number of carbonyl (C=O) groups is 1. The van der Waals surface area contributed by atoms with E-state index < -0.39 is 0 Å². The van der Waals surface area contributed by atoms with Gasteiger partial charge >= 0.3 is 0 Å². The second-order valence-electron chi connectivity index (χ2n) is 4.25. The Hall–Kier alpha value is -1.43. The van der Waals surface area contributed by atoms with Gasteiger partial charge in [0, 0.05) is 12.1 Å². The maximum Gasteiger partial charge on any atom is 0.244 e. The van der Waals surface area contributed by atoms with Crippen molar-refractivity contribution in [3.63, 3.8) is 0 Å². The molecule has 0 aliphatic rings. The third kappa shape index (κ3) is 3.03. The normalized spacial score (nSPS) is 14.9. The quantitative estimate of drug-likeness (QED) is 0.775. The predicted molar refractivity (Wildman–Crippen MR) is 60.6 cm³/mol. The van der Waals surface area contributed by atoms with Gasteiger partial charge in [0.25, 0.3) is 0 Å². The molecule has 0 spiro atoms. The summed E-state index contributed by atoms with van der Waals surface area (Å²) < 4.78 is 1.52. The first kappa shape index (κ1) is 12.6. The zero-order chi connectivity index (χ0) is 12.3. The molecular formula is C10H19N5O. The molecule has 0 radical (unpaired) electrons. The molecule has 1 aromatic rings. The van der Waals surface area contributed by atoms with Crippen molar-refractivity contribution in [3.05, 3.63) is 11.9 Å². The third-order valence-corrected chi connectivity index (χ3v) is 2.20. The number of nitrogens with zero attached hydrogens (tertiary/aromatic N) is 3. The minimum absolute atomic E-state index is 0.0730. The smallest absolute Gasteiger partial charge is 0.244 e. The van der Waals surface area contributed by atoms with E-state index in [4.69, 9.17) is 5.73 Å². The summed E-state index contributed by atoms with van der Waals surface area (Å²) >= 11 is 0. The molecule has 0 aliphatic carbocycles. The molecule has 16 heavy (non-hydrogen) atoms. The van der Waals surface area contributed by atoms with Crippen molar-refractivity contribution in [2.24, 2.45) is 5.73 Å². The van der Waals surface area contributed by atoms with Crippen LogP contribution in [0.3, 0.4) is 0 Å². The topological polar surface area (TPSA) is 85.8 Å². The van der Waals surface area contributed by atoms with E-state index in [9.17, 15) is 4.79 Å². The number of rotatable bonds is 4. The van der Waals surface area contributed by atoms with Crippen LogP contribution in [0.2, 0.25) is 0 Å². The standard InChI is InChI=1S/C10H19N5O/c1-6(2)12-10(16)8(4)15-5-9(7(3)11)13-14-15/h5-8H,11H2,1-4H3,(H,12,16). The Labute approximate surface area is 95.2 Å². The molecule has 0 fully saturated rings. The lowest BCUT2D eigenvalue weighted by Gasteiger charge is -2.14. The maximum atomic E-state index is 11.7. The van der Waals surface area contributed by atoms with Crippen molar-refractivity contribution in [2.45, 2.75) is 45.8 Å². The van der Waals surface area contributed by atoms with Gasteiger partial charge in [0.1, 0.15) is 6.04 Å². The van der Waals surface area contributed by atoms with Crippen LogP contribution in [0.25, 0.3) is 0 Å². The zero-order valence-electron chi connectivity index (χ0n) is 10.1. The third-order valence-electron chi connectivity index (χ3n) is 2.20. The number of carbonyl (C=O) groups excluding carboxylic acids is 1. The lowest BCUT2D eigenvalue weighted by atomic mass is 10.2. The molecule has 3 N–H and O–H groups in total. The lowest BCUT2D eigenvalue weighted by Crippen LogP contribution is -2.35. The maximum absolute atomic E-state index is 11.7. The first-order valence-electron chi connectivity index (χ1n) is 5.39. The Morgan fingerprint density at radius 1 is 1.44 bits per heavy atom. The highest BCUT2D eigenvalue weighted by molar-refractivity contribution is 5.79. The average Bonchev–Trinajstić information content (AvgIpc) is 2.64. The van der Waals surface area contributed by atoms with E-state index in [1.807, 2.05) is 20.8 Å². The second kappa shape index (κ2) is 5.07. The Morgan fingerprint density at radius 3 is 2.50 bits per heavy atom. The van der Waals surface area contributed by atoms with Gasteiger partial charge in [-0.05, 0) is 27.7 Å². The molecule has 1 amide bonds. The van der Waals surface area contributed by atoms with Crippen LogP contribution in [0.5, 0.6) is 0 Å². The lowest BCUT2D eigenvalue weighted by molar-refractivity contribution is -0.124. The summed E-state index contributed by atoms with van der Waals surface area (Å²) in [5.74, 6) is -0.0730. The number of hydrogen-bond donors (Lipinski definition) is 2. The van der Waals surface area contributed by atoms with E-state index in [-0.39, 0.29) is 24.0 Å². The first-order valence-corrected chi connectivity index (χ1v) is 5.39. The van der Waals surface area contributed by atoms with Crippen LogP contribution in [0.4, 0.5) is 0 Å². The molecular weight excluding hydrogens is 206 g/mol. The van der Waals surface area contributed by atoms with Crippen molar-refractivity contribution in [1.82, 2.24) is 20.3 Å². The van der Waals surface area contributed by atoms with Gasteiger partial charge in [-0.2, -0.15) is 0 Å².